The fourth-order valence-corrected chi connectivity index (χ4v) is 2.23. The average molecular weight is 514 g/mol. The molecule has 1 aromatic heterocycles. The van der Waals surface area contributed by atoms with Crippen LogP contribution in [0.15, 0.2) is 24.3 Å². The fraction of sp³-hybridized carbons (Fsp3) is 0.267. The number of aromatic nitrogens is 2. The second-order valence-corrected chi connectivity index (χ2v) is 6.64. The molecule has 0 bridgehead atoms. The van der Waals surface area contributed by atoms with E-state index in [4.69, 9.17) is 35.0 Å². The molecule has 0 saturated carbocycles. The van der Waals surface area contributed by atoms with Crippen LogP contribution >= 0.6 is 35.0 Å². The molecule has 1 aromatic carbocycles. The van der Waals surface area contributed by atoms with E-state index in [1.165, 1.54) is 18.2 Å². The molecule has 2 amide bonds. The molecule has 0 saturated heterocycles. The van der Waals surface area contributed by atoms with E-state index in [1.807, 2.05) is 5.32 Å². The highest BCUT2D eigenvalue weighted by atomic mass is 35.5. The third-order valence-electron chi connectivity index (χ3n) is 2.97. The number of amides is 2. The topological polar surface area (TPSA) is 76.6 Å². The molecule has 0 aliphatic heterocycles. The first-order valence-electron chi connectivity index (χ1n) is 7.73. The smallest absolute Gasteiger partial charge is 0.422 e. The van der Waals surface area contributed by atoms with E-state index in [9.17, 15) is 31.1 Å². The first-order valence-corrected chi connectivity index (χ1v) is 8.83. The van der Waals surface area contributed by atoms with Crippen LogP contribution in [-0.2, 0) is 0 Å². The van der Waals surface area contributed by atoms with Crippen molar-refractivity contribution in [2.45, 2.75) is 12.4 Å². The van der Waals surface area contributed by atoms with Crippen LogP contribution in [0.2, 0.25) is 10.0 Å². The Labute approximate surface area is 184 Å². The first kappa shape index (κ1) is 24.9. The molecular weight excluding hydrogens is 505 g/mol. The van der Waals surface area contributed by atoms with Crippen LogP contribution in [0, 0.1) is 0 Å². The van der Waals surface area contributed by atoms with Gasteiger partial charge in [0.1, 0.15) is 0 Å². The molecule has 0 atom stereocenters. The standard InChI is InChI=1S/C15H9Cl3F6N4O3/c16-8-2-1-7(3-9(8)17)28(18)13(29)27-12-25-10(30-5-14(19,20)21)4-11(26-12)31-6-15(22,23)24/h1-4H,5-6H2,(H,25,26,27,29). The Hall–Kier alpha value is -2.38. The van der Waals surface area contributed by atoms with Gasteiger partial charge in [-0.25, -0.2) is 9.21 Å². The minimum atomic E-state index is -4.76. The number of urea groups is 1. The molecule has 0 radical (unpaired) electrons. The van der Waals surface area contributed by atoms with E-state index >= 15 is 0 Å². The highest BCUT2D eigenvalue weighted by Gasteiger charge is 2.30. The molecule has 1 heterocycles. The third-order valence-corrected chi connectivity index (χ3v) is 4.06. The molecule has 0 unspecified atom stereocenters. The zero-order valence-corrected chi connectivity index (χ0v) is 17.0. The fourth-order valence-electron chi connectivity index (χ4n) is 1.79. The van der Waals surface area contributed by atoms with Crippen molar-refractivity contribution in [2.24, 2.45) is 0 Å². The number of rotatable bonds is 6. The van der Waals surface area contributed by atoms with Gasteiger partial charge in [-0.05, 0) is 18.2 Å². The molecule has 2 rings (SSSR count). The van der Waals surface area contributed by atoms with Crippen molar-refractivity contribution in [1.29, 1.82) is 0 Å². The average Bonchev–Trinajstić information content (AvgIpc) is 2.65. The number of hydrogen-bond acceptors (Lipinski definition) is 5. The summed E-state index contributed by atoms with van der Waals surface area (Å²) in [6.07, 6.45) is -9.52. The van der Waals surface area contributed by atoms with Gasteiger partial charge in [0.25, 0.3) is 0 Å². The van der Waals surface area contributed by atoms with Gasteiger partial charge in [0, 0.05) is 11.8 Å². The molecule has 0 fully saturated rings. The molecule has 0 spiro atoms. The van der Waals surface area contributed by atoms with E-state index in [2.05, 4.69) is 19.4 Å². The lowest BCUT2D eigenvalue weighted by molar-refractivity contribution is -0.154. The molecule has 16 heteroatoms. The van der Waals surface area contributed by atoms with Crippen molar-refractivity contribution >= 4 is 52.6 Å². The molecular formula is C15H9Cl3F6N4O3. The van der Waals surface area contributed by atoms with Gasteiger partial charge in [-0.1, -0.05) is 23.2 Å². The second-order valence-electron chi connectivity index (χ2n) is 5.49. The maximum atomic E-state index is 12.3. The van der Waals surface area contributed by atoms with Crippen LogP contribution in [0.3, 0.4) is 0 Å². The Kier molecular flexibility index (Phi) is 7.89. The Morgan fingerprint density at radius 1 is 0.935 bits per heavy atom. The molecule has 31 heavy (non-hydrogen) atoms. The van der Waals surface area contributed by atoms with Gasteiger partial charge in [-0.15, -0.1) is 0 Å². The number of nitrogens with one attached hydrogen (secondary N) is 1. The van der Waals surface area contributed by atoms with Crippen molar-refractivity contribution in [2.75, 3.05) is 22.9 Å². The van der Waals surface area contributed by atoms with E-state index < -0.39 is 49.3 Å². The van der Waals surface area contributed by atoms with Gasteiger partial charge in [0.2, 0.25) is 17.7 Å². The molecule has 7 nitrogen and oxygen atoms in total. The number of hydrogen-bond donors (Lipinski definition) is 1. The van der Waals surface area contributed by atoms with Crippen LogP contribution < -0.4 is 19.2 Å². The van der Waals surface area contributed by atoms with Gasteiger partial charge in [-0.2, -0.15) is 36.3 Å². The van der Waals surface area contributed by atoms with Crippen LogP contribution in [0.4, 0.5) is 42.8 Å². The summed E-state index contributed by atoms with van der Waals surface area (Å²) in [5.74, 6) is -2.36. The predicted octanol–water partition coefficient (Wildman–Crippen LogP) is 5.86. The van der Waals surface area contributed by atoms with E-state index in [0.29, 0.717) is 10.5 Å². The third kappa shape index (κ3) is 8.34. The number of benzene rings is 1. The zero-order chi connectivity index (χ0) is 23.4. The Morgan fingerprint density at radius 3 is 1.90 bits per heavy atom. The van der Waals surface area contributed by atoms with Crippen LogP contribution in [-0.4, -0.2) is 41.6 Å². The summed E-state index contributed by atoms with van der Waals surface area (Å²) in [6, 6.07) is 3.31. The quantitative estimate of drug-likeness (QED) is 0.387. The minimum Gasteiger partial charge on any atom is -0.468 e. The number of halogens is 9. The normalized spacial score (nSPS) is 11.8. The lowest BCUT2D eigenvalue weighted by Gasteiger charge is -2.16. The van der Waals surface area contributed by atoms with E-state index in [1.54, 1.807) is 0 Å². The van der Waals surface area contributed by atoms with Crippen molar-refractivity contribution in [3.8, 4) is 11.8 Å². The summed E-state index contributed by atoms with van der Waals surface area (Å²) in [7, 11) is 0. The van der Waals surface area contributed by atoms with Gasteiger partial charge < -0.3 is 9.47 Å². The lowest BCUT2D eigenvalue weighted by Crippen LogP contribution is -2.28. The van der Waals surface area contributed by atoms with Gasteiger partial charge in [0.15, 0.2) is 13.2 Å². The number of nitrogens with zero attached hydrogens (tertiary/aromatic N) is 3. The van der Waals surface area contributed by atoms with Crippen LogP contribution in [0.5, 0.6) is 11.8 Å². The van der Waals surface area contributed by atoms with Gasteiger partial charge in [0.05, 0.1) is 21.8 Å². The highest BCUT2D eigenvalue weighted by molar-refractivity contribution is 6.43. The SMILES string of the molecule is O=C(Nc1nc(OCC(F)(F)F)cc(OCC(F)(F)F)n1)N(Cl)c1ccc(Cl)c(Cl)c1. The number of carbonyl (C=O) groups is 1. The maximum absolute atomic E-state index is 12.3. The van der Waals surface area contributed by atoms with E-state index in [0.717, 1.165) is 0 Å². The number of carbonyl (C=O) groups excluding carboxylic acids is 1. The molecule has 1 N–H and O–H groups in total. The summed E-state index contributed by atoms with van der Waals surface area (Å²) < 4.78 is 83.3. The zero-order valence-electron chi connectivity index (χ0n) is 14.7. The van der Waals surface area contributed by atoms with Crippen LogP contribution in [0.1, 0.15) is 0 Å². The van der Waals surface area contributed by atoms with Crippen molar-refractivity contribution in [1.82, 2.24) is 9.97 Å². The summed E-state index contributed by atoms with van der Waals surface area (Å²) in [5.41, 5.74) is 0.0339. The van der Waals surface area contributed by atoms with Gasteiger partial charge >= 0.3 is 18.4 Å². The Bertz CT molecular complexity index is 909. The van der Waals surface area contributed by atoms with Crippen molar-refractivity contribution < 1.29 is 40.6 Å². The summed E-state index contributed by atoms with van der Waals surface area (Å²) in [5, 5.41) is 2.21. The monoisotopic (exact) mass is 512 g/mol. The summed E-state index contributed by atoms with van der Waals surface area (Å²) in [6.45, 7) is -3.61. The number of ether oxygens (including phenoxy) is 2. The first-order chi connectivity index (χ1) is 14.2. The Balaban J connectivity index is 2.23. The van der Waals surface area contributed by atoms with Crippen molar-refractivity contribution in [3.63, 3.8) is 0 Å². The maximum Gasteiger partial charge on any atom is 0.422 e. The lowest BCUT2D eigenvalue weighted by atomic mass is 10.3. The molecule has 0 aliphatic carbocycles. The van der Waals surface area contributed by atoms with Crippen molar-refractivity contribution in [3.05, 3.63) is 34.3 Å². The Morgan fingerprint density at radius 2 is 1.45 bits per heavy atom. The van der Waals surface area contributed by atoms with E-state index in [-0.39, 0.29) is 15.7 Å². The second kappa shape index (κ2) is 9.83. The molecule has 0 aliphatic rings. The highest BCUT2D eigenvalue weighted by Crippen LogP contribution is 2.29. The molecule has 2 aromatic rings. The summed E-state index contributed by atoms with van der Waals surface area (Å²) in [4.78, 5) is 19.2. The summed E-state index contributed by atoms with van der Waals surface area (Å²) >= 11 is 17.4. The number of alkyl halides is 6. The number of anilines is 2. The van der Waals surface area contributed by atoms with Crippen LogP contribution in [0.25, 0.3) is 0 Å². The largest absolute Gasteiger partial charge is 0.468 e. The predicted molar refractivity (Wildman–Crippen MR) is 98.9 cm³/mol. The van der Waals surface area contributed by atoms with Gasteiger partial charge in [-0.3, -0.25) is 5.32 Å². The molecule has 170 valence electrons. The minimum absolute atomic E-state index is 0.0339.